The summed E-state index contributed by atoms with van der Waals surface area (Å²) in [6, 6.07) is 7.59. The molecule has 0 spiro atoms. The van der Waals surface area contributed by atoms with Crippen molar-refractivity contribution < 1.29 is 9.53 Å². The summed E-state index contributed by atoms with van der Waals surface area (Å²) in [5, 5.41) is 3.50. The highest BCUT2D eigenvalue weighted by Crippen LogP contribution is 2.09. The summed E-state index contributed by atoms with van der Waals surface area (Å²) in [5.41, 5.74) is 1.91. The molecule has 1 aromatic rings. The third kappa shape index (κ3) is 4.66. The Bertz CT molecular complexity index is 337. The normalized spacial score (nSPS) is 11.9. The van der Waals surface area contributed by atoms with Crippen molar-refractivity contribution in [2.75, 3.05) is 17.3 Å². The molecule has 1 unspecified atom stereocenters. The molecule has 0 saturated heterocycles. The average Bonchev–Trinajstić information content (AvgIpc) is 2.29. The van der Waals surface area contributed by atoms with Crippen LogP contribution in [0.4, 0.5) is 10.5 Å². The number of alkyl halides is 1. The highest BCUT2D eigenvalue weighted by Gasteiger charge is 2.06. The number of rotatable bonds is 4. The summed E-state index contributed by atoms with van der Waals surface area (Å²) < 4.78 is 5.05. The Kier molecular flexibility index (Phi) is 5.32. The molecule has 1 amide bonds. The van der Waals surface area contributed by atoms with E-state index in [1.807, 2.05) is 38.1 Å². The van der Waals surface area contributed by atoms with E-state index < -0.39 is 6.09 Å². The molecule has 0 aliphatic rings. The van der Waals surface area contributed by atoms with Crippen LogP contribution < -0.4 is 5.32 Å². The van der Waals surface area contributed by atoms with Gasteiger partial charge < -0.3 is 4.74 Å². The molecule has 16 heavy (non-hydrogen) atoms. The Balaban J connectivity index is 2.37. The number of aryl methyl sites for hydroxylation is 1. The Labute approximate surface area is 104 Å². The molecular formula is C12H16BrNO2. The molecule has 0 fully saturated rings. The number of anilines is 1. The van der Waals surface area contributed by atoms with Crippen molar-refractivity contribution in [1.82, 2.24) is 0 Å². The van der Waals surface area contributed by atoms with Crippen LogP contribution in [0.3, 0.4) is 0 Å². The number of nitrogens with one attached hydrogen (secondary N) is 1. The first kappa shape index (κ1) is 13.0. The molecule has 0 aliphatic carbocycles. The Morgan fingerprint density at radius 1 is 1.44 bits per heavy atom. The van der Waals surface area contributed by atoms with Gasteiger partial charge in [0.2, 0.25) is 0 Å². The second-order valence-corrected chi connectivity index (χ2v) is 4.50. The number of carbonyl (C=O) groups is 1. The van der Waals surface area contributed by atoms with Crippen LogP contribution in [0.25, 0.3) is 0 Å². The maximum atomic E-state index is 11.4. The first-order chi connectivity index (χ1) is 7.61. The van der Waals surface area contributed by atoms with Crippen LogP contribution in [0.15, 0.2) is 24.3 Å². The standard InChI is InChI=1S/C12H16BrNO2/c1-9-3-5-11(6-4-9)14-12(15)16-8-10(2)7-13/h3-6,10H,7-8H2,1-2H3,(H,14,15). The second kappa shape index (κ2) is 6.53. The summed E-state index contributed by atoms with van der Waals surface area (Å²) in [7, 11) is 0. The molecule has 0 aromatic heterocycles. The summed E-state index contributed by atoms with van der Waals surface area (Å²) in [6.07, 6.45) is -0.406. The zero-order valence-corrected chi connectivity index (χ0v) is 11.1. The number of halogens is 1. The third-order valence-corrected chi connectivity index (χ3v) is 3.17. The van der Waals surface area contributed by atoms with E-state index >= 15 is 0 Å². The summed E-state index contributed by atoms with van der Waals surface area (Å²) in [5.74, 6) is 0.323. The van der Waals surface area contributed by atoms with Gasteiger partial charge in [-0.15, -0.1) is 0 Å². The Morgan fingerprint density at radius 2 is 2.06 bits per heavy atom. The van der Waals surface area contributed by atoms with E-state index in [0.717, 1.165) is 16.6 Å². The van der Waals surface area contributed by atoms with Crippen molar-refractivity contribution in [3.05, 3.63) is 29.8 Å². The van der Waals surface area contributed by atoms with Crippen LogP contribution in [0.2, 0.25) is 0 Å². The van der Waals surface area contributed by atoms with Gasteiger partial charge in [0.1, 0.15) is 0 Å². The molecule has 1 rings (SSSR count). The van der Waals surface area contributed by atoms with Crippen molar-refractivity contribution in [3.8, 4) is 0 Å². The van der Waals surface area contributed by atoms with Crippen LogP contribution in [0.5, 0.6) is 0 Å². The number of benzene rings is 1. The zero-order chi connectivity index (χ0) is 12.0. The first-order valence-corrected chi connectivity index (χ1v) is 6.30. The fourth-order valence-corrected chi connectivity index (χ4v) is 1.24. The molecule has 0 aliphatic heterocycles. The molecule has 0 heterocycles. The van der Waals surface area contributed by atoms with Gasteiger partial charge in [0.25, 0.3) is 0 Å². The molecule has 1 aromatic carbocycles. The zero-order valence-electron chi connectivity index (χ0n) is 9.50. The highest BCUT2D eigenvalue weighted by atomic mass is 79.9. The van der Waals surface area contributed by atoms with Gasteiger partial charge in [0.15, 0.2) is 0 Å². The molecule has 0 saturated carbocycles. The van der Waals surface area contributed by atoms with Crippen molar-refractivity contribution in [1.29, 1.82) is 0 Å². The summed E-state index contributed by atoms with van der Waals surface area (Å²) in [4.78, 5) is 11.4. The SMILES string of the molecule is Cc1ccc(NC(=O)OCC(C)CBr)cc1. The third-order valence-electron chi connectivity index (χ3n) is 2.06. The minimum atomic E-state index is -0.406. The van der Waals surface area contributed by atoms with Gasteiger partial charge in [0, 0.05) is 16.9 Å². The highest BCUT2D eigenvalue weighted by molar-refractivity contribution is 9.09. The van der Waals surface area contributed by atoms with Gasteiger partial charge in [0.05, 0.1) is 6.61 Å². The first-order valence-electron chi connectivity index (χ1n) is 5.18. The van der Waals surface area contributed by atoms with Gasteiger partial charge in [-0.2, -0.15) is 0 Å². The summed E-state index contributed by atoms with van der Waals surface area (Å²) >= 11 is 3.33. The van der Waals surface area contributed by atoms with Crippen LogP contribution in [-0.2, 0) is 4.74 Å². The van der Waals surface area contributed by atoms with E-state index in [9.17, 15) is 4.79 Å². The van der Waals surface area contributed by atoms with E-state index in [4.69, 9.17) is 4.74 Å². The maximum Gasteiger partial charge on any atom is 0.411 e. The van der Waals surface area contributed by atoms with Gasteiger partial charge >= 0.3 is 6.09 Å². The second-order valence-electron chi connectivity index (χ2n) is 3.85. The number of hydrogen-bond acceptors (Lipinski definition) is 2. The molecule has 4 heteroatoms. The number of hydrogen-bond donors (Lipinski definition) is 1. The Hall–Kier alpha value is -1.03. The topological polar surface area (TPSA) is 38.3 Å². The predicted octanol–water partition coefficient (Wildman–Crippen LogP) is 3.57. The minimum absolute atomic E-state index is 0.323. The van der Waals surface area contributed by atoms with Crippen LogP contribution in [-0.4, -0.2) is 18.0 Å². The van der Waals surface area contributed by atoms with Gasteiger partial charge in [-0.3, -0.25) is 5.32 Å². The van der Waals surface area contributed by atoms with E-state index in [2.05, 4.69) is 21.2 Å². The molecule has 3 nitrogen and oxygen atoms in total. The molecule has 0 radical (unpaired) electrons. The molecule has 1 N–H and O–H groups in total. The van der Waals surface area contributed by atoms with E-state index in [1.54, 1.807) is 0 Å². The van der Waals surface area contributed by atoms with Crippen molar-refractivity contribution >= 4 is 27.7 Å². The van der Waals surface area contributed by atoms with Gasteiger partial charge in [-0.1, -0.05) is 40.5 Å². The lowest BCUT2D eigenvalue weighted by Crippen LogP contribution is -2.18. The van der Waals surface area contributed by atoms with Gasteiger partial charge in [-0.25, -0.2) is 4.79 Å². The fourth-order valence-electron chi connectivity index (χ4n) is 1.05. The maximum absolute atomic E-state index is 11.4. The van der Waals surface area contributed by atoms with E-state index in [1.165, 1.54) is 0 Å². The average molecular weight is 286 g/mol. The number of amides is 1. The predicted molar refractivity (Wildman–Crippen MR) is 69.1 cm³/mol. The minimum Gasteiger partial charge on any atom is -0.449 e. The quantitative estimate of drug-likeness (QED) is 0.859. The van der Waals surface area contributed by atoms with E-state index in [-0.39, 0.29) is 0 Å². The Morgan fingerprint density at radius 3 is 2.62 bits per heavy atom. The van der Waals surface area contributed by atoms with Crippen molar-refractivity contribution in [2.24, 2.45) is 5.92 Å². The molecular weight excluding hydrogens is 270 g/mol. The van der Waals surface area contributed by atoms with Crippen LogP contribution in [0, 0.1) is 12.8 Å². The summed E-state index contributed by atoms with van der Waals surface area (Å²) in [6.45, 7) is 4.43. The number of ether oxygens (including phenoxy) is 1. The van der Waals surface area contributed by atoms with Crippen molar-refractivity contribution in [3.63, 3.8) is 0 Å². The van der Waals surface area contributed by atoms with Gasteiger partial charge in [-0.05, 0) is 19.1 Å². The van der Waals surface area contributed by atoms with Crippen LogP contribution in [0.1, 0.15) is 12.5 Å². The molecule has 1 atom stereocenters. The number of carbonyl (C=O) groups excluding carboxylic acids is 1. The fraction of sp³-hybridized carbons (Fsp3) is 0.417. The van der Waals surface area contributed by atoms with Crippen LogP contribution >= 0.6 is 15.9 Å². The lowest BCUT2D eigenvalue weighted by Gasteiger charge is -2.10. The monoisotopic (exact) mass is 285 g/mol. The van der Waals surface area contributed by atoms with Crippen molar-refractivity contribution in [2.45, 2.75) is 13.8 Å². The smallest absolute Gasteiger partial charge is 0.411 e. The molecule has 0 bridgehead atoms. The molecule has 88 valence electrons. The van der Waals surface area contributed by atoms with E-state index in [0.29, 0.717) is 12.5 Å². The lowest BCUT2D eigenvalue weighted by atomic mass is 10.2. The largest absolute Gasteiger partial charge is 0.449 e. The lowest BCUT2D eigenvalue weighted by molar-refractivity contribution is 0.148.